The molecule has 0 amide bonds. The summed E-state index contributed by atoms with van der Waals surface area (Å²) < 4.78 is 5.16. The molecule has 0 radical (unpaired) electrons. The molecule has 0 aliphatic rings. The zero-order valence-electron chi connectivity index (χ0n) is 10.5. The number of nitrogens with one attached hydrogen (secondary N) is 1. The molecule has 86 valence electrons. The summed E-state index contributed by atoms with van der Waals surface area (Å²) in [5.74, 6) is 1.42. The van der Waals surface area contributed by atoms with Crippen molar-refractivity contribution in [3.05, 3.63) is 0 Å². The Labute approximate surface area is 89.4 Å². The predicted molar refractivity (Wildman–Crippen MR) is 62.6 cm³/mol. The Kier molecular flexibility index (Phi) is 8.20. The number of hydrogen-bond acceptors (Lipinski definition) is 2. The maximum atomic E-state index is 5.16. The molecule has 0 aromatic rings. The smallest absolute Gasteiger partial charge is 0.0488 e. The lowest BCUT2D eigenvalue weighted by Gasteiger charge is -2.26. The maximum Gasteiger partial charge on any atom is 0.0488 e. The number of methoxy groups -OCH3 is 1. The fourth-order valence-corrected chi connectivity index (χ4v) is 2.08. The molecule has 0 aromatic carbocycles. The van der Waals surface area contributed by atoms with Gasteiger partial charge in [0.25, 0.3) is 0 Å². The highest BCUT2D eigenvalue weighted by Crippen LogP contribution is 2.17. The quantitative estimate of drug-likeness (QED) is 0.652. The molecular formula is C12H27NO. The average molecular weight is 201 g/mol. The van der Waals surface area contributed by atoms with Crippen molar-refractivity contribution in [2.75, 3.05) is 20.8 Å². The van der Waals surface area contributed by atoms with Crippen LogP contribution in [0, 0.1) is 11.8 Å². The second-order valence-electron chi connectivity index (χ2n) is 4.46. The van der Waals surface area contributed by atoms with E-state index in [2.05, 4.69) is 33.1 Å². The first-order valence-electron chi connectivity index (χ1n) is 5.81. The van der Waals surface area contributed by atoms with Gasteiger partial charge in [-0.25, -0.2) is 0 Å². The minimum atomic E-state index is 0.639. The molecule has 0 aromatic heterocycles. The van der Waals surface area contributed by atoms with Crippen LogP contribution in [0.2, 0.25) is 0 Å². The van der Waals surface area contributed by atoms with Gasteiger partial charge in [-0.1, -0.05) is 27.2 Å². The highest BCUT2D eigenvalue weighted by molar-refractivity contribution is 4.73. The zero-order chi connectivity index (χ0) is 11.0. The maximum absolute atomic E-state index is 5.16. The minimum absolute atomic E-state index is 0.639. The lowest BCUT2D eigenvalue weighted by Crippen LogP contribution is -2.34. The third-order valence-electron chi connectivity index (χ3n) is 2.91. The van der Waals surface area contributed by atoms with Gasteiger partial charge in [0.1, 0.15) is 0 Å². The highest BCUT2D eigenvalue weighted by atomic mass is 16.5. The Balaban J connectivity index is 3.87. The summed E-state index contributed by atoms with van der Waals surface area (Å²) in [7, 11) is 3.84. The van der Waals surface area contributed by atoms with E-state index in [1.807, 2.05) is 0 Å². The van der Waals surface area contributed by atoms with Crippen molar-refractivity contribution in [1.82, 2.24) is 5.32 Å². The molecule has 0 saturated heterocycles. The van der Waals surface area contributed by atoms with Crippen molar-refractivity contribution in [1.29, 1.82) is 0 Å². The summed E-state index contributed by atoms with van der Waals surface area (Å²) in [5, 5.41) is 3.42. The normalized spacial score (nSPS) is 17.8. The molecule has 0 saturated carbocycles. The largest absolute Gasteiger partial charge is 0.384 e. The Morgan fingerprint density at radius 3 is 2.36 bits per heavy atom. The molecule has 0 aliphatic carbocycles. The van der Waals surface area contributed by atoms with Gasteiger partial charge in [0.05, 0.1) is 0 Å². The number of hydrogen-bond donors (Lipinski definition) is 1. The van der Waals surface area contributed by atoms with E-state index in [9.17, 15) is 0 Å². The van der Waals surface area contributed by atoms with Crippen LogP contribution in [0.1, 0.15) is 40.0 Å². The fourth-order valence-electron chi connectivity index (χ4n) is 2.08. The molecule has 2 heteroatoms. The molecule has 0 aliphatic heterocycles. The van der Waals surface area contributed by atoms with Crippen LogP contribution >= 0.6 is 0 Å². The summed E-state index contributed by atoms with van der Waals surface area (Å²) >= 11 is 0. The van der Waals surface area contributed by atoms with E-state index in [1.54, 1.807) is 7.11 Å². The van der Waals surface area contributed by atoms with Gasteiger partial charge >= 0.3 is 0 Å². The number of ether oxygens (including phenoxy) is 1. The Bertz CT molecular complexity index is 127. The van der Waals surface area contributed by atoms with Crippen molar-refractivity contribution in [2.45, 2.75) is 46.1 Å². The van der Waals surface area contributed by atoms with Gasteiger partial charge in [-0.3, -0.25) is 0 Å². The van der Waals surface area contributed by atoms with Crippen LogP contribution in [0.25, 0.3) is 0 Å². The zero-order valence-corrected chi connectivity index (χ0v) is 10.5. The Morgan fingerprint density at radius 1 is 1.29 bits per heavy atom. The molecule has 1 N–H and O–H groups in total. The van der Waals surface area contributed by atoms with Crippen LogP contribution < -0.4 is 5.32 Å². The molecule has 2 nitrogen and oxygen atoms in total. The summed E-state index contributed by atoms with van der Waals surface area (Å²) in [6.07, 6.45) is 3.80. The van der Waals surface area contributed by atoms with Crippen LogP contribution in [0.3, 0.4) is 0 Å². The Morgan fingerprint density at radius 2 is 1.93 bits per heavy atom. The van der Waals surface area contributed by atoms with Crippen molar-refractivity contribution >= 4 is 0 Å². The van der Waals surface area contributed by atoms with E-state index in [0.29, 0.717) is 12.0 Å². The molecule has 3 atom stereocenters. The Hall–Kier alpha value is -0.0800. The predicted octanol–water partition coefficient (Wildman–Crippen LogP) is 2.68. The molecule has 3 unspecified atom stereocenters. The number of rotatable bonds is 8. The lowest BCUT2D eigenvalue weighted by molar-refractivity contribution is 0.144. The van der Waals surface area contributed by atoms with E-state index < -0.39 is 0 Å². The van der Waals surface area contributed by atoms with E-state index in [1.165, 1.54) is 19.3 Å². The first-order chi connectivity index (χ1) is 6.65. The van der Waals surface area contributed by atoms with Gasteiger partial charge in [-0.15, -0.1) is 0 Å². The average Bonchev–Trinajstić information content (AvgIpc) is 2.15. The first-order valence-corrected chi connectivity index (χ1v) is 5.81. The fraction of sp³-hybridized carbons (Fsp3) is 1.00. The first kappa shape index (κ1) is 13.9. The second kappa shape index (κ2) is 8.25. The topological polar surface area (TPSA) is 21.3 Å². The second-order valence-corrected chi connectivity index (χ2v) is 4.46. The summed E-state index contributed by atoms with van der Waals surface area (Å²) in [4.78, 5) is 0. The lowest BCUT2D eigenvalue weighted by atomic mass is 9.90. The molecule has 14 heavy (non-hydrogen) atoms. The van der Waals surface area contributed by atoms with Crippen LogP contribution in [-0.2, 0) is 4.74 Å². The molecular weight excluding hydrogens is 174 g/mol. The molecule has 0 rings (SSSR count). The van der Waals surface area contributed by atoms with Crippen molar-refractivity contribution in [2.24, 2.45) is 11.8 Å². The van der Waals surface area contributed by atoms with Gasteiger partial charge in [-0.05, 0) is 31.7 Å². The summed E-state index contributed by atoms with van der Waals surface area (Å²) in [6, 6.07) is 0.639. The van der Waals surface area contributed by atoms with Gasteiger partial charge in [-0.2, -0.15) is 0 Å². The standard InChI is InChI=1S/C12H27NO/c1-6-7-11(3)12(13-4)8-10(2)9-14-5/h10-13H,6-9H2,1-5H3. The van der Waals surface area contributed by atoms with Crippen LogP contribution in [0.5, 0.6) is 0 Å². The van der Waals surface area contributed by atoms with E-state index >= 15 is 0 Å². The highest BCUT2D eigenvalue weighted by Gasteiger charge is 2.17. The van der Waals surface area contributed by atoms with Gasteiger partial charge in [0.2, 0.25) is 0 Å². The van der Waals surface area contributed by atoms with Crippen molar-refractivity contribution < 1.29 is 4.74 Å². The van der Waals surface area contributed by atoms with Crippen LogP contribution in [0.4, 0.5) is 0 Å². The van der Waals surface area contributed by atoms with E-state index in [0.717, 1.165) is 12.5 Å². The minimum Gasteiger partial charge on any atom is -0.384 e. The third kappa shape index (κ3) is 5.61. The summed E-state index contributed by atoms with van der Waals surface area (Å²) in [5.41, 5.74) is 0. The summed E-state index contributed by atoms with van der Waals surface area (Å²) in [6.45, 7) is 7.72. The third-order valence-corrected chi connectivity index (χ3v) is 2.91. The van der Waals surface area contributed by atoms with Crippen LogP contribution in [0.15, 0.2) is 0 Å². The van der Waals surface area contributed by atoms with Gasteiger partial charge < -0.3 is 10.1 Å². The molecule has 0 heterocycles. The van der Waals surface area contributed by atoms with Gasteiger partial charge in [0, 0.05) is 19.8 Å². The van der Waals surface area contributed by atoms with Crippen molar-refractivity contribution in [3.8, 4) is 0 Å². The van der Waals surface area contributed by atoms with E-state index in [4.69, 9.17) is 4.74 Å². The van der Waals surface area contributed by atoms with Gasteiger partial charge in [0.15, 0.2) is 0 Å². The van der Waals surface area contributed by atoms with Crippen molar-refractivity contribution in [3.63, 3.8) is 0 Å². The van der Waals surface area contributed by atoms with Crippen LogP contribution in [-0.4, -0.2) is 26.8 Å². The SMILES string of the molecule is CCCC(C)C(CC(C)COC)NC. The van der Waals surface area contributed by atoms with E-state index in [-0.39, 0.29) is 0 Å². The molecule has 0 spiro atoms. The molecule has 0 bridgehead atoms. The molecule has 0 fully saturated rings. The monoisotopic (exact) mass is 201 g/mol.